The zero-order valence-electron chi connectivity index (χ0n) is 8.96. The molecule has 0 aromatic carbocycles. The Kier molecular flexibility index (Phi) is 6.77. The van der Waals surface area contributed by atoms with E-state index in [0.29, 0.717) is 0 Å². The highest BCUT2D eigenvalue weighted by atomic mass is 79.9. The number of rotatable bonds is 7. The Morgan fingerprint density at radius 1 is 1.40 bits per heavy atom. The predicted octanol–water partition coefficient (Wildman–Crippen LogP) is 4.90. The molecule has 0 saturated heterocycles. The SMILES string of the molecule is CCCCCCOc1cc(CS)c(Br)s1. The Morgan fingerprint density at radius 3 is 2.80 bits per heavy atom. The summed E-state index contributed by atoms with van der Waals surface area (Å²) in [7, 11) is 0. The topological polar surface area (TPSA) is 9.23 Å². The van der Waals surface area contributed by atoms with E-state index in [1.54, 1.807) is 11.3 Å². The van der Waals surface area contributed by atoms with Crippen LogP contribution in [-0.2, 0) is 5.75 Å². The molecule has 86 valence electrons. The lowest BCUT2D eigenvalue weighted by atomic mass is 10.2. The van der Waals surface area contributed by atoms with E-state index < -0.39 is 0 Å². The van der Waals surface area contributed by atoms with Crippen LogP contribution in [-0.4, -0.2) is 6.61 Å². The average Bonchev–Trinajstić information content (AvgIpc) is 2.59. The fourth-order valence-corrected chi connectivity index (χ4v) is 3.35. The van der Waals surface area contributed by atoms with Crippen LogP contribution in [0.5, 0.6) is 5.06 Å². The number of halogens is 1. The molecule has 0 radical (unpaired) electrons. The predicted molar refractivity (Wildman–Crippen MR) is 74.3 cm³/mol. The lowest BCUT2D eigenvalue weighted by Crippen LogP contribution is -1.95. The van der Waals surface area contributed by atoms with Crippen molar-refractivity contribution in [3.8, 4) is 5.06 Å². The molecule has 15 heavy (non-hydrogen) atoms. The lowest BCUT2D eigenvalue weighted by molar-refractivity contribution is 0.313. The zero-order chi connectivity index (χ0) is 11.1. The lowest BCUT2D eigenvalue weighted by Gasteiger charge is -2.01. The van der Waals surface area contributed by atoms with Crippen LogP contribution in [0, 0.1) is 0 Å². The minimum absolute atomic E-state index is 0.760. The Balaban J connectivity index is 2.25. The maximum absolute atomic E-state index is 5.67. The van der Waals surface area contributed by atoms with Crippen LogP contribution < -0.4 is 4.74 Å². The van der Waals surface area contributed by atoms with Gasteiger partial charge in [-0.15, -0.1) is 0 Å². The minimum atomic E-state index is 0.760. The van der Waals surface area contributed by atoms with E-state index >= 15 is 0 Å². The molecular weight excluding hydrogens is 292 g/mol. The summed E-state index contributed by atoms with van der Waals surface area (Å²) in [6.45, 7) is 3.05. The van der Waals surface area contributed by atoms with Crippen molar-refractivity contribution < 1.29 is 4.74 Å². The fourth-order valence-electron chi connectivity index (χ4n) is 1.26. The normalized spacial score (nSPS) is 10.6. The molecule has 4 heteroatoms. The quantitative estimate of drug-likeness (QED) is 0.557. The molecule has 0 amide bonds. The first-order valence-corrected chi connectivity index (χ1v) is 7.54. The highest BCUT2D eigenvalue weighted by Crippen LogP contribution is 2.34. The summed E-state index contributed by atoms with van der Waals surface area (Å²) in [6, 6.07) is 2.07. The summed E-state index contributed by atoms with van der Waals surface area (Å²) >= 11 is 9.40. The first kappa shape index (κ1) is 13.4. The molecule has 0 saturated carbocycles. The largest absolute Gasteiger partial charge is 0.484 e. The van der Waals surface area contributed by atoms with E-state index in [4.69, 9.17) is 4.74 Å². The van der Waals surface area contributed by atoms with Gasteiger partial charge in [-0.3, -0.25) is 0 Å². The smallest absolute Gasteiger partial charge is 0.175 e. The number of unbranched alkanes of at least 4 members (excludes halogenated alkanes) is 3. The number of thiol groups is 1. The molecule has 1 aromatic heterocycles. The molecule has 1 nitrogen and oxygen atoms in total. The van der Waals surface area contributed by atoms with Crippen molar-refractivity contribution in [2.45, 2.75) is 38.4 Å². The maximum Gasteiger partial charge on any atom is 0.175 e. The summed E-state index contributed by atoms with van der Waals surface area (Å²) in [5.41, 5.74) is 1.21. The average molecular weight is 309 g/mol. The molecule has 0 spiro atoms. The Hall–Kier alpha value is 0.330. The van der Waals surface area contributed by atoms with Gasteiger partial charge in [0.15, 0.2) is 5.06 Å². The molecule has 0 fully saturated rings. The molecule has 1 aromatic rings. The number of hydrogen-bond acceptors (Lipinski definition) is 3. The second kappa shape index (κ2) is 7.58. The van der Waals surface area contributed by atoms with E-state index in [1.807, 2.05) is 0 Å². The maximum atomic E-state index is 5.67. The zero-order valence-corrected chi connectivity index (χ0v) is 12.3. The third-order valence-corrected chi connectivity index (χ3v) is 4.36. The van der Waals surface area contributed by atoms with Crippen LogP contribution in [0.3, 0.4) is 0 Å². The van der Waals surface area contributed by atoms with Crippen LogP contribution in [0.25, 0.3) is 0 Å². The van der Waals surface area contributed by atoms with Crippen molar-refractivity contribution in [1.82, 2.24) is 0 Å². The molecule has 0 bridgehead atoms. The van der Waals surface area contributed by atoms with Crippen LogP contribution in [0.4, 0.5) is 0 Å². The van der Waals surface area contributed by atoms with E-state index in [0.717, 1.165) is 27.6 Å². The van der Waals surface area contributed by atoms with E-state index in [1.165, 1.54) is 24.8 Å². The number of hydrogen-bond donors (Lipinski definition) is 1. The monoisotopic (exact) mass is 308 g/mol. The third kappa shape index (κ3) is 4.79. The molecule has 1 rings (SSSR count). The van der Waals surface area contributed by atoms with Crippen LogP contribution in [0.15, 0.2) is 9.85 Å². The van der Waals surface area contributed by atoms with Crippen LogP contribution in [0.2, 0.25) is 0 Å². The van der Waals surface area contributed by atoms with Gasteiger partial charge in [0.1, 0.15) is 0 Å². The van der Waals surface area contributed by atoms with Crippen molar-refractivity contribution in [3.05, 3.63) is 15.4 Å². The number of thiophene rings is 1. The molecule has 0 aliphatic rings. The van der Waals surface area contributed by atoms with Crippen molar-refractivity contribution in [1.29, 1.82) is 0 Å². The molecular formula is C11H17BrOS2. The van der Waals surface area contributed by atoms with Gasteiger partial charge in [0.2, 0.25) is 0 Å². The van der Waals surface area contributed by atoms with E-state index in [-0.39, 0.29) is 0 Å². The molecule has 0 unspecified atom stereocenters. The van der Waals surface area contributed by atoms with Crippen LogP contribution >= 0.6 is 39.9 Å². The highest BCUT2D eigenvalue weighted by Gasteiger charge is 2.05. The van der Waals surface area contributed by atoms with Crippen molar-refractivity contribution in [2.75, 3.05) is 6.61 Å². The van der Waals surface area contributed by atoms with Crippen molar-refractivity contribution in [3.63, 3.8) is 0 Å². The standard InChI is InChI=1S/C11H17BrOS2/c1-2-3-4-5-6-13-10-7-9(8-14)11(12)15-10/h7,14H,2-6,8H2,1H3. The summed E-state index contributed by atoms with van der Waals surface area (Å²) in [4.78, 5) is 0. The summed E-state index contributed by atoms with van der Waals surface area (Å²) in [5.74, 6) is 0.760. The van der Waals surface area contributed by atoms with Crippen molar-refractivity contribution in [2.24, 2.45) is 0 Å². The Morgan fingerprint density at radius 2 is 2.20 bits per heavy atom. The first-order valence-electron chi connectivity index (χ1n) is 5.29. The van der Waals surface area contributed by atoms with Gasteiger partial charge < -0.3 is 4.74 Å². The van der Waals surface area contributed by atoms with Gasteiger partial charge in [0.05, 0.1) is 10.4 Å². The molecule has 0 N–H and O–H groups in total. The summed E-state index contributed by atoms with van der Waals surface area (Å²) < 4.78 is 6.81. The van der Waals surface area contributed by atoms with Gasteiger partial charge in [0, 0.05) is 5.75 Å². The molecule has 1 heterocycles. The third-order valence-electron chi connectivity index (χ3n) is 2.15. The molecule has 0 aliphatic carbocycles. The van der Waals surface area contributed by atoms with Crippen molar-refractivity contribution >= 4 is 39.9 Å². The molecule has 0 aliphatic heterocycles. The fraction of sp³-hybridized carbons (Fsp3) is 0.636. The van der Waals surface area contributed by atoms with Gasteiger partial charge in [0.25, 0.3) is 0 Å². The number of ether oxygens (including phenoxy) is 1. The Labute approximate surface area is 110 Å². The van der Waals surface area contributed by atoms with Gasteiger partial charge in [-0.1, -0.05) is 37.5 Å². The van der Waals surface area contributed by atoms with Gasteiger partial charge in [-0.2, -0.15) is 12.6 Å². The molecule has 0 atom stereocenters. The van der Waals surface area contributed by atoms with Gasteiger partial charge >= 0.3 is 0 Å². The summed E-state index contributed by atoms with van der Waals surface area (Å²) in [5, 5.41) is 1.00. The first-order chi connectivity index (χ1) is 7.27. The second-order valence-corrected chi connectivity index (χ2v) is 6.08. The second-order valence-electron chi connectivity index (χ2n) is 3.43. The van der Waals surface area contributed by atoms with Crippen LogP contribution in [0.1, 0.15) is 38.2 Å². The van der Waals surface area contributed by atoms with Gasteiger partial charge in [-0.25, -0.2) is 0 Å². The van der Waals surface area contributed by atoms with Gasteiger partial charge in [-0.05, 0) is 34.0 Å². The van der Waals surface area contributed by atoms with E-state index in [2.05, 4.69) is 41.5 Å². The summed E-state index contributed by atoms with van der Waals surface area (Å²) in [6.07, 6.45) is 5.00. The minimum Gasteiger partial charge on any atom is -0.484 e. The Bertz CT molecular complexity index is 286. The van der Waals surface area contributed by atoms with E-state index in [9.17, 15) is 0 Å². The highest BCUT2D eigenvalue weighted by molar-refractivity contribution is 9.11.